The highest BCUT2D eigenvalue weighted by atomic mass is 16.3. The van der Waals surface area contributed by atoms with Crippen LogP contribution in [0.4, 0.5) is 0 Å². The SMILES string of the molecule is CCC/C=C\C1C(=O)C=CC1(C)O. The first-order valence-corrected chi connectivity index (χ1v) is 4.70. The molecule has 1 N–H and O–H groups in total. The van der Waals surface area contributed by atoms with Crippen molar-refractivity contribution in [3.05, 3.63) is 24.3 Å². The molecular weight excluding hydrogens is 164 g/mol. The highest BCUT2D eigenvalue weighted by Gasteiger charge is 2.36. The normalized spacial score (nSPS) is 33.5. The average Bonchev–Trinajstić information content (AvgIpc) is 2.31. The lowest BCUT2D eigenvalue weighted by Gasteiger charge is -2.20. The molecule has 0 heterocycles. The Labute approximate surface area is 79.0 Å². The van der Waals surface area contributed by atoms with Gasteiger partial charge in [0, 0.05) is 0 Å². The number of hydrogen-bond acceptors (Lipinski definition) is 2. The fourth-order valence-electron chi connectivity index (χ4n) is 1.43. The molecule has 0 radical (unpaired) electrons. The van der Waals surface area contributed by atoms with Crippen molar-refractivity contribution >= 4 is 5.78 Å². The van der Waals surface area contributed by atoms with Crippen molar-refractivity contribution in [2.24, 2.45) is 5.92 Å². The van der Waals surface area contributed by atoms with Crippen molar-refractivity contribution in [2.75, 3.05) is 0 Å². The van der Waals surface area contributed by atoms with Gasteiger partial charge in [-0.25, -0.2) is 0 Å². The van der Waals surface area contributed by atoms with E-state index in [-0.39, 0.29) is 11.7 Å². The van der Waals surface area contributed by atoms with Crippen LogP contribution in [-0.2, 0) is 4.79 Å². The molecule has 2 atom stereocenters. The second kappa shape index (κ2) is 3.88. The van der Waals surface area contributed by atoms with Crippen molar-refractivity contribution in [1.29, 1.82) is 0 Å². The van der Waals surface area contributed by atoms with E-state index in [1.807, 2.05) is 12.2 Å². The number of hydrogen-bond donors (Lipinski definition) is 1. The quantitative estimate of drug-likeness (QED) is 0.673. The van der Waals surface area contributed by atoms with E-state index in [2.05, 4.69) is 6.92 Å². The van der Waals surface area contributed by atoms with Crippen molar-refractivity contribution in [3.8, 4) is 0 Å². The lowest BCUT2D eigenvalue weighted by Crippen LogP contribution is -2.30. The maximum Gasteiger partial charge on any atom is 0.165 e. The van der Waals surface area contributed by atoms with Gasteiger partial charge in [-0.2, -0.15) is 0 Å². The number of allylic oxidation sites excluding steroid dienone is 2. The monoisotopic (exact) mass is 180 g/mol. The van der Waals surface area contributed by atoms with Gasteiger partial charge in [0.25, 0.3) is 0 Å². The van der Waals surface area contributed by atoms with Gasteiger partial charge in [0.05, 0.1) is 11.5 Å². The summed E-state index contributed by atoms with van der Waals surface area (Å²) >= 11 is 0. The molecule has 1 aliphatic rings. The van der Waals surface area contributed by atoms with E-state index in [4.69, 9.17) is 0 Å². The van der Waals surface area contributed by atoms with Crippen LogP contribution in [0.1, 0.15) is 26.7 Å². The Morgan fingerprint density at radius 2 is 2.38 bits per heavy atom. The third-order valence-electron chi connectivity index (χ3n) is 2.31. The van der Waals surface area contributed by atoms with Gasteiger partial charge in [-0.05, 0) is 25.5 Å². The Kier molecular flexibility index (Phi) is 3.04. The predicted octanol–water partition coefficient (Wildman–Crippen LogP) is 1.85. The molecule has 13 heavy (non-hydrogen) atoms. The molecule has 1 rings (SSSR count). The minimum atomic E-state index is -0.985. The summed E-state index contributed by atoms with van der Waals surface area (Å²) in [7, 11) is 0. The van der Waals surface area contributed by atoms with E-state index < -0.39 is 5.60 Å². The van der Waals surface area contributed by atoms with Crippen LogP contribution in [0, 0.1) is 5.92 Å². The van der Waals surface area contributed by atoms with Gasteiger partial charge < -0.3 is 5.11 Å². The molecule has 2 heteroatoms. The van der Waals surface area contributed by atoms with Crippen molar-refractivity contribution in [3.63, 3.8) is 0 Å². The summed E-state index contributed by atoms with van der Waals surface area (Å²) in [5, 5.41) is 9.77. The summed E-state index contributed by atoms with van der Waals surface area (Å²) in [5.74, 6) is -0.378. The van der Waals surface area contributed by atoms with Gasteiger partial charge in [-0.15, -0.1) is 0 Å². The standard InChI is InChI=1S/C11H16O2/c1-3-4-5-6-9-10(12)7-8-11(9,2)13/h5-9,13H,3-4H2,1-2H3/b6-5-. The fraction of sp³-hybridized carbons (Fsp3) is 0.545. The number of carbonyl (C=O) groups excluding carboxylic acids is 1. The smallest absolute Gasteiger partial charge is 0.165 e. The van der Waals surface area contributed by atoms with Crippen LogP contribution < -0.4 is 0 Å². The molecular formula is C11H16O2. The van der Waals surface area contributed by atoms with Crippen LogP contribution in [-0.4, -0.2) is 16.5 Å². The van der Waals surface area contributed by atoms with Gasteiger partial charge in [-0.1, -0.05) is 25.5 Å². The van der Waals surface area contributed by atoms with Crippen molar-refractivity contribution in [1.82, 2.24) is 0 Å². The zero-order chi connectivity index (χ0) is 9.90. The van der Waals surface area contributed by atoms with Gasteiger partial charge in [-0.3, -0.25) is 4.79 Å². The lowest BCUT2D eigenvalue weighted by molar-refractivity contribution is -0.119. The molecule has 0 saturated heterocycles. The number of ketones is 1. The molecule has 0 aromatic rings. The van der Waals surface area contributed by atoms with Crippen molar-refractivity contribution in [2.45, 2.75) is 32.3 Å². The van der Waals surface area contributed by atoms with Crippen LogP contribution >= 0.6 is 0 Å². The van der Waals surface area contributed by atoms with Crippen molar-refractivity contribution < 1.29 is 9.90 Å². The second-order valence-electron chi connectivity index (χ2n) is 3.66. The lowest BCUT2D eigenvalue weighted by atomic mass is 9.91. The van der Waals surface area contributed by atoms with E-state index in [0.29, 0.717) is 0 Å². The van der Waals surface area contributed by atoms with Crippen LogP contribution in [0.2, 0.25) is 0 Å². The summed E-state index contributed by atoms with van der Waals surface area (Å²) in [4.78, 5) is 11.3. The van der Waals surface area contributed by atoms with Gasteiger partial charge in [0.2, 0.25) is 0 Å². The highest BCUT2D eigenvalue weighted by Crippen LogP contribution is 2.27. The number of carbonyl (C=O) groups is 1. The molecule has 1 aliphatic carbocycles. The maximum atomic E-state index is 11.3. The molecule has 0 fully saturated rings. The third-order valence-corrected chi connectivity index (χ3v) is 2.31. The van der Waals surface area contributed by atoms with Gasteiger partial charge in [0.1, 0.15) is 0 Å². The Morgan fingerprint density at radius 1 is 1.69 bits per heavy atom. The first-order valence-electron chi connectivity index (χ1n) is 4.70. The van der Waals surface area contributed by atoms with Crippen LogP contribution in [0.25, 0.3) is 0 Å². The van der Waals surface area contributed by atoms with Crippen LogP contribution in [0.15, 0.2) is 24.3 Å². The summed E-state index contributed by atoms with van der Waals surface area (Å²) < 4.78 is 0. The minimum absolute atomic E-state index is 0.00245. The number of unbranched alkanes of at least 4 members (excludes halogenated alkanes) is 1. The summed E-state index contributed by atoms with van der Waals surface area (Å²) in [6.45, 7) is 3.74. The first-order chi connectivity index (χ1) is 6.08. The Balaban J connectivity index is 2.64. The van der Waals surface area contributed by atoms with Gasteiger partial charge >= 0.3 is 0 Å². The van der Waals surface area contributed by atoms with E-state index >= 15 is 0 Å². The Hall–Kier alpha value is -0.890. The topological polar surface area (TPSA) is 37.3 Å². The van der Waals surface area contributed by atoms with E-state index in [9.17, 15) is 9.90 Å². The molecule has 0 aromatic carbocycles. The third kappa shape index (κ3) is 2.28. The summed E-state index contributed by atoms with van der Waals surface area (Å²) in [6, 6.07) is 0. The molecule has 0 aliphatic heterocycles. The zero-order valence-corrected chi connectivity index (χ0v) is 8.16. The molecule has 0 spiro atoms. The minimum Gasteiger partial charge on any atom is -0.385 e. The molecule has 0 bridgehead atoms. The molecule has 0 saturated carbocycles. The molecule has 72 valence electrons. The molecule has 0 aromatic heterocycles. The van der Waals surface area contributed by atoms with Gasteiger partial charge in [0.15, 0.2) is 5.78 Å². The zero-order valence-electron chi connectivity index (χ0n) is 8.16. The largest absolute Gasteiger partial charge is 0.385 e. The Bertz CT molecular complexity index is 249. The van der Waals surface area contributed by atoms with Crippen LogP contribution in [0.5, 0.6) is 0 Å². The number of aliphatic hydroxyl groups is 1. The summed E-state index contributed by atoms with van der Waals surface area (Å²) in [6.07, 6.45) is 8.82. The van der Waals surface area contributed by atoms with E-state index in [0.717, 1.165) is 12.8 Å². The second-order valence-corrected chi connectivity index (χ2v) is 3.66. The fourth-order valence-corrected chi connectivity index (χ4v) is 1.43. The molecule has 2 unspecified atom stereocenters. The van der Waals surface area contributed by atoms with E-state index in [1.165, 1.54) is 6.08 Å². The van der Waals surface area contributed by atoms with Crippen LogP contribution in [0.3, 0.4) is 0 Å². The first kappa shape index (κ1) is 10.2. The van der Waals surface area contributed by atoms with E-state index in [1.54, 1.807) is 13.0 Å². The number of rotatable bonds is 3. The average molecular weight is 180 g/mol. The highest BCUT2D eigenvalue weighted by molar-refractivity contribution is 5.97. The Morgan fingerprint density at radius 3 is 2.85 bits per heavy atom. The summed E-state index contributed by atoms with van der Waals surface area (Å²) in [5.41, 5.74) is -0.985. The molecule has 2 nitrogen and oxygen atoms in total. The predicted molar refractivity (Wildman–Crippen MR) is 52.3 cm³/mol. The molecule has 0 amide bonds. The maximum absolute atomic E-state index is 11.3.